The lowest BCUT2D eigenvalue weighted by Crippen LogP contribution is -2.52. The molecule has 0 unspecified atom stereocenters. The van der Waals surface area contributed by atoms with Crippen LogP contribution in [0.4, 0.5) is 27.8 Å². The van der Waals surface area contributed by atoms with Gasteiger partial charge in [-0.05, 0) is 56.2 Å². The van der Waals surface area contributed by atoms with E-state index in [1.165, 1.54) is 18.9 Å². The third kappa shape index (κ3) is 4.32. The van der Waals surface area contributed by atoms with Gasteiger partial charge in [0.2, 0.25) is 5.95 Å². The molecule has 3 aliphatic rings. The second-order valence-corrected chi connectivity index (χ2v) is 10.5. The molecule has 2 N–H and O–H groups in total. The minimum atomic E-state index is -1.70. The van der Waals surface area contributed by atoms with Gasteiger partial charge in [-0.2, -0.15) is 4.98 Å². The number of ether oxygens (including phenoxy) is 1. The van der Waals surface area contributed by atoms with Gasteiger partial charge in [-0.25, -0.2) is 19.3 Å². The fourth-order valence-corrected chi connectivity index (χ4v) is 5.19. The van der Waals surface area contributed by atoms with Gasteiger partial charge in [0.1, 0.15) is 17.5 Å². The molecule has 0 amide bonds. The number of rotatable bonds is 6. The number of anilines is 4. The van der Waals surface area contributed by atoms with E-state index in [4.69, 9.17) is 9.72 Å². The zero-order chi connectivity index (χ0) is 24.9. The summed E-state index contributed by atoms with van der Waals surface area (Å²) >= 11 is 0. The maximum Gasteiger partial charge on any atom is 0.227 e. The zero-order valence-electron chi connectivity index (χ0n) is 20.7. The molecule has 0 aromatic carbocycles. The molecular formula is C26H32FN7O2. The Morgan fingerprint density at radius 2 is 2.00 bits per heavy atom. The van der Waals surface area contributed by atoms with Gasteiger partial charge in [-0.15, -0.1) is 0 Å². The lowest BCUT2D eigenvalue weighted by molar-refractivity contribution is -0.0311. The SMILES string of the molecule is C[C@@H]1CCN1c1ncc(CC2COC2)c2cc(Nc3ccnc(N4CC[C@@H](O)[C@@](C)(F)C4)n3)ncc12. The fourth-order valence-electron chi connectivity index (χ4n) is 5.19. The van der Waals surface area contributed by atoms with E-state index in [1.54, 1.807) is 17.2 Å². The smallest absolute Gasteiger partial charge is 0.227 e. The molecule has 36 heavy (non-hydrogen) atoms. The van der Waals surface area contributed by atoms with Crippen LogP contribution in [0.5, 0.6) is 0 Å². The van der Waals surface area contributed by atoms with E-state index >= 15 is 0 Å². The predicted molar refractivity (Wildman–Crippen MR) is 137 cm³/mol. The third-order valence-corrected chi connectivity index (χ3v) is 7.69. The van der Waals surface area contributed by atoms with Crippen LogP contribution < -0.4 is 15.1 Å². The number of halogens is 1. The van der Waals surface area contributed by atoms with Crippen LogP contribution in [0.3, 0.4) is 0 Å². The Hall–Kier alpha value is -3.11. The first kappa shape index (κ1) is 23.3. The van der Waals surface area contributed by atoms with Gasteiger partial charge in [0.15, 0.2) is 5.67 Å². The van der Waals surface area contributed by atoms with Gasteiger partial charge in [-0.1, -0.05) is 0 Å². The predicted octanol–water partition coefficient (Wildman–Crippen LogP) is 3.25. The molecule has 3 fully saturated rings. The average Bonchev–Trinajstić information content (AvgIpc) is 2.83. The lowest BCUT2D eigenvalue weighted by atomic mass is 9.94. The lowest BCUT2D eigenvalue weighted by Gasteiger charge is -2.40. The number of piperidine rings is 1. The van der Waals surface area contributed by atoms with Crippen molar-refractivity contribution in [2.75, 3.05) is 48.0 Å². The van der Waals surface area contributed by atoms with E-state index in [-0.39, 0.29) is 6.54 Å². The van der Waals surface area contributed by atoms with E-state index < -0.39 is 11.8 Å². The first-order chi connectivity index (χ1) is 17.4. The van der Waals surface area contributed by atoms with Crippen LogP contribution >= 0.6 is 0 Å². The molecule has 3 saturated heterocycles. The van der Waals surface area contributed by atoms with Crippen LogP contribution in [0, 0.1) is 5.92 Å². The highest BCUT2D eigenvalue weighted by molar-refractivity contribution is 5.95. The van der Waals surface area contributed by atoms with Crippen LogP contribution in [0.15, 0.2) is 30.7 Å². The molecule has 6 rings (SSSR count). The number of aliphatic hydroxyl groups excluding tert-OH is 1. The van der Waals surface area contributed by atoms with Crippen LogP contribution in [-0.2, 0) is 11.2 Å². The Morgan fingerprint density at radius 3 is 2.69 bits per heavy atom. The molecule has 3 aromatic rings. The number of hydrogen-bond acceptors (Lipinski definition) is 9. The van der Waals surface area contributed by atoms with Crippen molar-refractivity contribution < 1.29 is 14.2 Å². The number of aliphatic hydroxyl groups is 1. The zero-order valence-corrected chi connectivity index (χ0v) is 20.7. The Kier molecular flexibility index (Phi) is 5.88. The van der Waals surface area contributed by atoms with Crippen molar-refractivity contribution in [3.8, 4) is 0 Å². The minimum Gasteiger partial charge on any atom is -0.390 e. The Balaban J connectivity index is 1.29. The number of hydrogen-bond donors (Lipinski definition) is 2. The standard InChI is InChI=1S/C26H32FN7O2/c1-16-4-8-34(16)24-20-12-29-23(10-19(20)18(11-30-24)9-17-13-36-14-17)31-22-3-6-28-25(32-22)33-7-5-21(35)26(2,27)15-33/h3,6,10-12,16-17,21,35H,4-5,7-9,13-15H2,1-2H3,(H,28,29,31,32)/t16-,21-,26+/m1/s1. The van der Waals surface area contributed by atoms with Gasteiger partial charge in [0.25, 0.3) is 0 Å². The van der Waals surface area contributed by atoms with Gasteiger partial charge < -0.3 is 25.0 Å². The maximum absolute atomic E-state index is 14.7. The minimum absolute atomic E-state index is 0.0464. The number of alkyl halides is 1. The highest BCUT2D eigenvalue weighted by atomic mass is 19.1. The molecular weight excluding hydrogens is 461 g/mol. The summed E-state index contributed by atoms with van der Waals surface area (Å²) in [4.78, 5) is 22.6. The highest BCUT2D eigenvalue weighted by Crippen LogP contribution is 2.35. The number of nitrogens with one attached hydrogen (secondary N) is 1. The summed E-state index contributed by atoms with van der Waals surface area (Å²) < 4.78 is 20.1. The van der Waals surface area contributed by atoms with Gasteiger partial charge >= 0.3 is 0 Å². The molecule has 3 aliphatic heterocycles. The molecule has 10 heteroatoms. The summed E-state index contributed by atoms with van der Waals surface area (Å²) in [6.07, 6.45) is 7.01. The monoisotopic (exact) mass is 493 g/mol. The Bertz CT molecular complexity index is 1270. The molecule has 0 aliphatic carbocycles. The maximum atomic E-state index is 14.7. The van der Waals surface area contributed by atoms with Gasteiger partial charge in [0, 0.05) is 49.0 Å². The second kappa shape index (κ2) is 9.08. The van der Waals surface area contributed by atoms with Crippen molar-refractivity contribution >= 4 is 34.2 Å². The van der Waals surface area contributed by atoms with Crippen molar-refractivity contribution in [2.24, 2.45) is 5.92 Å². The highest BCUT2D eigenvalue weighted by Gasteiger charge is 2.39. The Labute approximate surface area is 209 Å². The first-order valence-corrected chi connectivity index (χ1v) is 12.7. The molecule has 0 saturated carbocycles. The van der Waals surface area contributed by atoms with Gasteiger partial charge in [0.05, 0.1) is 25.9 Å². The van der Waals surface area contributed by atoms with Crippen molar-refractivity contribution in [1.29, 1.82) is 0 Å². The average molecular weight is 494 g/mol. The summed E-state index contributed by atoms with van der Waals surface area (Å²) in [5, 5.41) is 15.4. The summed E-state index contributed by atoms with van der Waals surface area (Å²) in [6.45, 7) is 6.77. The van der Waals surface area contributed by atoms with Crippen LogP contribution in [0.25, 0.3) is 10.8 Å². The fraction of sp³-hybridized carbons (Fsp3) is 0.538. The second-order valence-electron chi connectivity index (χ2n) is 10.5. The van der Waals surface area contributed by atoms with E-state index in [0.717, 1.165) is 42.8 Å². The van der Waals surface area contributed by atoms with Crippen molar-refractivity contribution in [3.05, 3.63) is 36.3 Å². The topological polar surface area (TPSA) is 99.5 Å². The molecule has 3 atom stereocenters. The van der Waals surface area contributed by atoms with E-state index in [0.29, 0.717) is 42.5 Å². The van der Waals surface area contributed by atoms with E-state index in [2.05, 4.69) is 38.2 Å². The largest absolute Gasteiger partial charge is 0.390 e. The number of nitrogens with zero attached hydrogens (tertiary/aromatic N) is 6. The third-order valence-electron chi connectivity index (χ3n) is 7.69. The van der Waals surface area contributed by atoms with E-state index in [9.17, 15) is 9.50 Å². The molecule has 0 bridgehead atoms. The van der Waals surface area contributed by atoms with Gasteiger partial charge in [-0.3, -0.25) is 0 Å². The van der Waals surface area contributed by atoms with Crippen LogP contribution in [0.2, 0.25) is 0 Å². The Morgan fingerprint density at radius 1 is 1.14 bits per heavy atom. The molecule has 0 spiro atoms. The quantitative estimate of drug-likeness (QED) is 0.536. The van der Waals surface area contributed by atoms with Crippen molar-refractivity contribution in [3.63, 3.8) is 0 Å². The number of aromatic nitrogens is 4. The van der Waals surface area contributed by atoms with Crippen molar-refractivity contribution in [1.82, 2.24) is 19.9 Å². The van der Waals surface area contributed by atoms with E-state index in [1.807, 2.05) is 12.4 Å². The molecule has 9 nitrogen and oxygen atoms in total. The van der Waals surface area contributed by atoms with Crippen molar-refractivity contribution in [2.45, 2.75) is 50.9 Å². The summed E-state index contributed by atoms with van der Waals surface area (Å²) in [5.74, 6) is 3.19. The molecule has 0 radical (unpaired) electrons. The van der Waals surface area contributed by atoms with Crippen LogP contribution in [-0.4, -0.2) is 75.7 Å². The number of pyridine rings is 2. The summed E-state index contributed by atoms with van der Waals surface area (Å²) in [7, 11) is 0. The molecule has 190 valence electrons. The summed E-state index contributed by atoms with van der Waals surface area (Å²) in [5.41, 5.74) is -0.509. The number of fused-ring (bicyclic) bond motifs is 1. The van der Waals surface area contributed by atoms with Crippen LogP contribution in [0.1, 0.15) is 32.3 Å². The molecule has 3 aromatic heterocycles. The normalized spacial score (nSPS) is 26.6. The first-order valence-electron chi connectivity index (χ1n) is 12.7. The molecule has 6 heterocycles. The summed E-state index contributed by atoms with van der Waals surface area (Å²) in [6, 6.07) is 4.32.